The number of benzene rings is 10. The molecule has 61 heavy (non-hydrogen) atoms. The van der Waals surface area contributed by atoms with Gasteiger partial charge in [0, 0.05) is 22.1 Å². The van der Waals surface area contributed by atoms with Crippen LogP contribution in [0.5, 0.6) is 0 Å². The van der Waals surface area contributed by atoms with E-state index in [2.05, 4.69) is 218 Å². The van der Waals surface area contributed by atoms with E-state index in [1.165, 1.54) is 82.6 Å². The third-order valence-electron chi connectivity index (χ3n) is 13.3. The van der Waals surface area contributed by atoms with Gasteiger partial charge in [0.25, 0.3) is 0 Å². The molecule has 10 aromatic carbocycles. The fourth-order valence-electron chi connectivity index (χ4n) is 10.8. The first kappa shape index (κ1) is 34.0. The molecule has 1 heterocycles. The molecule has 1 spiro atoms. The van der Waals surface area contributed by atoms with Crippen LogP contribution < -0.4 is 0 Å². The zero-order valence-electron chi connectivity index (χ0n) is 33.2. The SMILES string of the molecule is c1ccc(-c2nc(-c3ccc4c(c3)-c3ccccc3C43c4ccccc4-c4ccccc43)cc(-c3c4ccccc4c(-c4ccccc4)c4ccc5ccccc5c34)n2)cc1. The predicted octanol–water partition coefficient (Wildman–Crippen LogP) is 14.9. The number of hydrogen-bond acceptors (Lipinski definition) is 2. The van der Waals surface area contributed by atoms with Crippen LogP contribution in [-0.2, 0) is 5.41 Å². The Bertz CT molecular complexity index is 3540. The second kappa shape index (κ2) is 13.0. The van der Waals surface area contributed by atoms with Crippen LogP contribution in [0.4, 0.5) is 0 Å². The molecule has 13 rings (SSSR count). The van der Waals surface area contributed by atoms with E-state index < -0.39 is 5.41 Å². The lowest BCUT2D eigenvalue weighted by molar-refractivity contribution is 0.794. The van der Waals surface area contributed by atoms with E-state index in [1.54, 1.807) is 0 Å². The summed E-state index contributed by atoms with van der Waals surface area (Å²) in [6.07, 6.45) is 0. The van der Waals surface area contributed by atoms with Crippen molar-refractivity contribution >= 4 is 32.3 Å². The van der Waals surface area contributed by atoms with Crippen molar-refractivity contribution in [2.24, 2.45) is 0 Å². The molecular formula is C59H36N2. The van der Waals surface area contributed by atoms with Crippen molar-refractivity contribution in [3.05, 3.63) is 241 Å². The average Bonchev–Trinajstić information content (AvgIpc) is 3.80. The minimum atomic E-state index is -0.400. The molecule has 0 bridgehead atoms. The summed E-state index contributed by atoms with van der Waals surface area (Å²) >= 11 is 0. The summed E-state index contributed by atoms with van der Waals surface area (Å²) in [4.78, 5) is 10.9. The first-order valence-electron chi connectivity index (χ1n) is 21.1. The molecular weight excluding hydrogens is 737 g/mol. The normalized spacial score (nSPS) is 13.0. The second-order valence-electron chi connectivity index (χ2n) is 16.3. The molecule has 2 aliphatic carbocycles. The number of fused-ring (bicyclic) bond motifs is 14. The van der Waals surface area contributed by atoms with E-state index in [1.807, 2.05) is 0 Å². The van der Waals surface area contributed by atoms with Gasteiger partial charge in [-0.1, -0.05) is 206 Å². The molecule has 2 aliphatic rings. The highest BCUT2D eigenvalue weighted by Gasteiger charge is 2.51. The largest absolute Gasteiger partial charge is 0.228 e. The van der Waals surface area contributed by atoms with Crippen LogP contribution in [0.2, 0.25) is 0 Å². The molecule has 0 N–H and O–H groups in total. The Morgan fingerprint density at radius 1 is 0.295 bits per heavy atom. The highest BCUT2D eigenvalue weighted by molar-refractivity contribution is 6.27. The van der Waals surface area contributed by atoms with Gasteiger partial charge >= 0.3 is 0 Å². The Morgan fingerprint density at radius 2 is 0.803 bits per heavy atom. The fraction of sp³-hybridized carbons (Fsp3) is 0.0169. The average molecular weight is 773 g/mol. The topological polar surface area (TPSA) is 25.8 Å². The Morgan fingerprint density at radius 3 is 1.48 bits per heavy atom. The molecule has 0 fully saturated rings. The molecule has 0 amide bonds. The number of rotatable bonds is 4. The third-order valence-corrected chi connectivity index (χ3v) is 13.3. The highest BCUT2D eigenvalue weighted by Crippen LogP contribution is 2.63. The summed E-state index contributed by atoms with van der Waals surface area (Å²) < 4.78 is 0. The predicted molar refractivity (Wildman–Crippen MR) is 253 cm³/mol. The van der Waals surface area contributed by atoms with Crippen molar-refractivity contribution in [3.63, 3.8) is 0 Å². The fourth-order valence-corrected chi connectivity index (χ4v) is 10.8. The van der Waals surface area contributed by atoms with Crippen molar-refractivity contribution in [1.82, 2.24) is 9.97 Å². The molecule has 0 saturated heterocycles. The van der Waals surface area contributed by atoms with E-state index in [-0.39, 0.29) is 0 Å². The Kier molecular flexibility index (Phi) is 7.26. The molecule has 0 atom stereocenters. The van der Waals surface area contributed by atoms with Gasteiger partial charge in [0.15, 0.2) is 5.82 Å². The lowest BCUT2D eigenvalue weighted by Crippen LogP contribution is -2.25. The zero-order valence-corrected chi connectivity index (χ0v) is 33.2. The van der Waals surface area contributed by atoms with Crippen molar-refractivity contribution < 1.29 is 0 Å². The monoisotopic (exact) mass is 772 g/mol. The van der Waals surface area contributed by atoms with Gasteiger partial charge in [0.1, 0.15) is 0 Å². The maximum Gasteiger partial charge on any atom is 0.160 e. The van der Waals surface area contributed by atoms with Crippen LogP contribution in [0.1, 0.15) is 22.3 Å². The number of nitrogens with zero attached hydrogens (tertiary/aromatic N) is 2. The van der Waals surface area contributed by atoms with Crippen LogP contribution in [0.3, 0.4) is 0 Å². The highest BCUT2D eigenvalue weighted by atomic mass is 14.9. The van der Waals surface area contributed by atoms with Crippen LogP contribution in [0, 0.1) is 0 Å². The number of hydrogen-bond donors (Lipinski definition) is 0. The minimum absolute atomic E-state index is 0.400. The van der Waals surface area contributed by atoms with Crippen molar-refractivity contribution in [1.29, 1.82) is 0 Å². The first-order chi connectivity index (χ1) is 30.3. The summed E-state index contributed by atoms with van der Waals surface area (Å²) in [7, 11) is 0. The van der Waals surface area contributed by atoms with E-state index in [4.69, 9.17) is 9.97 Å². The van der Waals surface area contributed by atoms with Gasteiger partial charge in [-0.3, -0.25) is 0 Å². The van der Waals surface area contributed by atoms with E-state index in [9.17, 15) is 0 Å². The van der Waals surface area contributed by atoms with Gasteiger partial charge in [-0.25, -0.2) is 9.97 Å². The lowest BCUT2D eigenvalue weighted by atomic mass is 9.70. The van der Waals surface area contributed by atoms with Crippen molar-refractivity contribution in [2.75, 3.05) is 0 Å². The van der Waals surface area contributed by atoms with Crippen LogP contribution >= 0.6 is 0 Å². The quantitative estimate of drug-likeness (QED) is 0.132. The Balaban J connectivity index is 1.11. The Labute approximate surface area is 354 Å². The van der Waals surface area contributed by atoms with E-state index >= 15 is 0 Å². The molecule has 0 saturated carbocycles. The van der Waals surface area contributed by atoms with E-state index in [0.29, 0.717) is 5.82 Å². The summed E-state index contributed by atoms with van der Waals surface area (Å²) in [5.74, 6) is 0.703. The summed E-state index contributed by atoms with van der Waals surface area (Å²) in [5, 5.41) is 7.17. The minimum Gasteiger partial charge on any atom is -0.228 e. The zero-order chi connectivity index (χ0) is 40.1. The van der Waals surface area contributed by atoms with Gasteiger partial charge in [0.2, 0.25) is 0 Å². The van der Waals surface area contributed by atoms with Crippen molar-refractivity contribution in [2.45, 2.75) is 5.41 Å². The lowest BCUT2D eigenvalue weighted by Gasteiger charge is -2.30. The maximum absolute atomic E-state index is 5.51. The summed E-state index contributed by atoms with van der Waals surface area (Å²) in [6.45, 7) is 0. The van der Waals surface area contributed by atoms with Crippen LogP contribution in [-0.4, -0.2) is 9.97 Å². The molecule has 2 heteroatoms. The molecule has 0 aliphatic heterocycles. The van der Waals surface area contributed by atoms with Gasteiger partial charge < -0.3 is 0 Å². The van der Waals surface area contributed by atoms with Gasteiger partial charge in [-0.05, 0) is 94.7 Å². The van der Waals surface area contributed by atoms with Gasteiger partial charge in [-0.15, -0.1) is 0 Å². The molecule has 11 aromatic rings. The van der Waals surface area contributed by atoms with E-state index in [0.717, 1.165) is 33.5 Å². The third kappa shape index (κ3) is 4.79. The van der Waals surface area contributed by atoms with Gasteiger partial charge in [-0.2, -0.15) is 0 Å². The smallest absolute Gasteiger partial charge is 0.160 e. The van der Waals surface area contributed by atoms with Gasteiger partial charge in [0.05, 0.1) is 16.8 Å². The first-order valence-corrected chi connectivity index (χ1v) is 21.1. The standard InChI is InChI=1S/C59H36N2/c1-3-18-38(19-4-1)55-45-26-9-10-27-46(45)57(56-41-22-8-7-17-37(41)31-33-47(55)56)54-36-53(60-58(61-54)39-20-5-2-6-21-39)40-32-34-52-48(35-40)44-25-13-16-30-51(44)59(52)49-28-14-11-23-42(49)43-24-12-15-29-50(43)59/h1-36H. The molecule has 2 nitrogen and oxygen atoms in total. The second-order valence-corrected chi connectivity index (χ2v) is 16.3. The van der Waals surface area contributed by atoms with Crippen molar-refractivity contribution in [3.8, 4) is 67.3 Å². The Hall–Kier alpha value is -7.94. The van der Waals surface area contributed by atoms with Crippen LogP contribution in [0.25, 0.3) is 99.6 Å². The summed E-state index contributed by atoms with van der Waals surface area (Å²) in [5.41, 5.74) is 17.4. The van der Waals surface area contributed by atoms with Crippen LogP contribution in [0.15, 0.2) is 218 Å². The molecule has 0 unspecified atom stereocenters. The summed E-state index contributed by atoms with van der Waals surface area (Å²) in [6, 6.07) is 79.7. The molecule has 0 radical (unpaired) electrons. The molecule has 1 aromatic heterocycles. The maximum atomic E-state index is 5.51. The molecule has 282 valence electrons. The number of aromatic nitrogens is 2.